The normalized spacial score (nSPS) is 13.7. The Hall–Kier alpha value is -1.33. The van der Waals surface area contributed by atoms with E-state index in [1.165, 1.54) is 57.6 Å². The molecule has 0 radical (unpaired) electrons. The maximum atomic E-state index is 3.27. The zero-order valence-corrected chi connectivity index (χ0v) is 21.6. The number of allylic oxidation sites excluding steroid dienone is 2. The van der Waals surface area contributed by atoms with Gasteiger partial charge in [0, 0.05) is 0 Å². The molecule has 0 aliphatic heterocycles. The van der Waals surface area contributed by atoms with Gasteiger partial charge in [-0.2, -0.15) is 0 Å². The molecule has 0 unspecified atom stereocenters. The molecule has 0 bridgehead atoms. The molecule has 0 saturated heterocycles. The molecule has 150 valence electrons. The molecule has 0 aromatic heterocycles. The molecule has 0 nitrogen and oxygen atoms in total. The molecule has 2 aromatic rings. The summed E-state index contributed by atoms with van der Waals surface area (Å²) in [6.07, 6.45) is 10.9. The molecule has 4 rings (SSSR count). The summed E-state index contributed by atoms with van der Waals surface area (Å²) in [7, 11) is 0. The SMILES string of the molecule is CC(C)(C)c1cc[c-]c2c1CC=C2.CC(C)(C)c1cc[c-]c2c1CC=C2.C[CH]=[Zr+2]. The van der Waals surface area contributed by atoms with Gasteiger partial charge in [0.25, 0.3) is 0 Å². The topological polar surface area (TPSA) is 0 Å². The van der Waals surface area contributed by atoms with Crippen LogP contribution in [0.15, 0.2) is 36.4 Å². The van der Waals surface area contributed by atoms with Crippen LogP contribution in [0.5, 0.6) is 0 Å². The standard InChI is InChI=1S/2C13H15.C2H4.Zr/c2*1-13(2,3)12-9-5-7-10-6-4-8-11(10)12;1-2;/h2*4-6,9H,8H2,1-3H3;1H,2H3;/q2*-1;;+2. The fourth-order valence-electron chi connectivity index (χ4n) is 3.83. The molecule has 0 saturated carbocycles. The van der Waals surface area contributed by atoms with Crippen LogP contribution in [0.2, 0.25) is 0 Å². The van der Waals surface area contributed by atoms with Crippen LogP contribution >= 0.6 is 0 Å². The molecule has 2 aliphatic carbocycles. The van der Waals surface area contributed by atoms with Crippen LogP contribution in [0.25, 0.3) is 12.2 Å². The predicted molar refractivity (Wildman–Crippen MR) is 125 cm³/mol. The second kappa shape index (κ2) is 10.1. The Balaban J connectivity index is 0.000000183. The van der Waals surface area contributed by atoms with E-state index in [-0.39, 0.29) is 10.8 Å². The van der Waals surface area contributed by atoms with Crippen LogP contribution in [0.4, 0.5) is 0 Å². The molecule has 0 N–H and O–H groups in total. The van der Waals surface area contributed by atoms with Crippen LogP contribution in [0, 0.1) is 12.1 Å². The fourth-order valence-corrected chi connectivity index (χ4v) is 3.83. The Morgan fingerprint density at radius 1 is 0.759 bits per heavy atom. The van der Waals surface area contributed by atoms with Crippen molar-refractivity contribution < 1.29 is 24.2 Å². The van der Waals surface area contributed by atoms with Gasteiger partial charge in [0.2, 0.25) is 0 Å². The molecule has 0 heterocycles. The second-order valence-electron chi connectivity index (χ2n) is 9.57. The van der Waals surface area contributed by atoms with Crippen molar-refractivity contribution in [2.45, 2.75) is 72.1 Å². The summed E-state index contributed by atoms with van der Waals surface area (Å²) in [5.41, 5.74) is 8.94. The summed E-state index contributed by atoms with van der Waals surface area (Å²) in [4.78, 5) is 0. The third kappa shape index (κ3) is 6.32. The summed E-state index contributed by atoms with van der Waals surface area (Å²) in [5.74, 6) is 0. The first-order valence-corrected chi connectivity index (χ1v) is 11.9. The van der Waals surface area contributed by atoms with Gasteiger partial charge in [-0.1, -0.05) is 54.4 Å². The van der Waals surface area contributed by atoms with E-state index in [1.54, 1.807) is 0 Å². The van der Waals surface area contributed by atoms with Crippen LogP contribution in [0.1, 0.15) is 81.8 Å². The Morgan fingerprint density at radius 2 is 1.10 bits per heavy atom. The van der Waals surface area contributed by atoms with Gasteiger partial charge in [-0.05, 0) is 10.8 Å². The summed E-state index contributed by atoms with van der Waals surface area (Å²) in [5, 5.41) is 0. The second-order valence-corrected chi connectivity index (χ2v) is 11.0. The first kappa shape index (κ1) is 23.9. The van der Waals surface area contributed by atoms with E-state index in [0.29, 0.717) is 0 Å². The van der Waals surface area contributed by atoms with Crippen molar-refractivity contribution in [3.63, 3.8) is 0 Å². The van der Waals surface area contributed by atoms with Gasteiger partial charge in [-0.3, -0.25) is 0 Å². The van der Waals surface area contributed by atoms with E-state index in [9.17, 15) is 0 Å². The van der Waals surface area contributed by atoms with Gasteiger partial charge in [-0.25, -0.2) is 0 Å². The van der Waals surface area contributed by atoms with Gasteiger partial charge < -0.3 is 0 Å². The van der Waals surface area contributed by atoms with E-state index < -0.39 is 0 Å². The Kier molecular flexibility index (Phi) is 8.36. The first-order valence-electron chi connectivity index (χ1n) is 10.5. The first-order chi connectivity index (χ1) is 13.6. The van der Waals surface area contributed by atoms with E-state index in [1.807, 2.05) is 19.1 Å². The van der Waals surface area contributed by atoms with E-state index in [2.05, 4.69) is 93.8 Å². The summed E-state index contributed by atoms with van der Waals surface area (Å²) >= 11 is 1.51. The van der Waals surface area contributed by atoms with Crippen molar-refractivity contribution in [3.05, 3.63) is 81.9 Å². The molecule has 0 amide bonds. The van der Waals surface area contributed by atoms with E-state index in [4.69, 9.17) is 0 Å². The average molecular weight is 462 g/mol. The van der Waals surface area contributed by atoms with Gasteiger partial charge in [0.15, 0.2) is 0 Å². The number of rotatable bonds is 0. The van der Waals surface area contributed by atoms with Crippen molar-refractivity contribution in [3.8, 4) is 0 Å². The van der Waals surface area contributed by atoms with Crippen molar-refractivity contribution in [1.29, 1.82) is 0 Å². The predicted octanol–water partition coefficient (Wildman–Crippen LogP) is 7.06. The summed E-state index contributed by atoms with van der Waals surface area (Å²) in [6, 6.07) is 15.0. The van der Waals surface area contributed by atoms with Gasteiger partial charge in [-0.15, -0.1) is 94.1 Å². The molecule has 2 aromatic carbocycles. The van der Waals surface area contributed by atoms with Crippen LogP contribution < -0.4 is 0 Å². The quantitative estimate of drug-likeness (QED) is 0.368. The van der Waals surface area contributed by atoms with Crippen LogP contribution in [-0.2, 0) is 47.9 Å². The molecule has 2 aliphatic rings. The van der Waals surface area contributed by atoms with E-state index in [0.717, 1.165) is 12.8 Å². The number of benzene rings is 2. The zero-order chi connectivity index (χ0) is 21.7. The number of fused-ring (bicyclic) bond motifs is 2. The summed E-state index contributed by atoms with van der Waals surface area (Å²) in [6.45, 7) is 15.6. The summed E-state index contributed by atoms with van der Waals surface area (Å²) < 4.78 is 2.09. The van der Waals surface area contributed by atoms with Crippen LogP contribution in [0.3, 0.4) is 0 Å². The van der Waals surface area contributed by atoms with Crippen molar-refractivity contribution >= 4 is 15.9 Å². The monoisotopic (exact) mass is 460 g/mol. The van der Waals surface area contributed by atoms with E-state index >= 15 is 0 Å². The minimum absolute atomic E-state index is 0.255. The number of hydrogen-bond acceptors (Lipinski definition) is 0. The van der Waals surface area contributed by atoms with Crippen LogP contribution in [-0.4, -0.2) is 3.71 Å². The van der Waals surface area contributed by atoms with Crippen molar-refractivity contribution in [1.82, 2.24) is 0 Å². The third-order valence-corrected chi connectivity index (χ3v) is 5.11. The zero-order valence-electron chi connectivity index (χ0n) is 19.1. The van der Waals surface area contributed by atoms with Crippen molar-refractivity contribution in [2.75, 3.05) is 0 Å². The average Bonchev–Trinajstić information content (AvgIpc) is 3.29. The molecule has 0 atom stereocenters. The Morgan fingerprint density at radius 3 is 1.41 bits per heavy atom. The third-order valence-electron chi connectivity index (χ3n) is 5.11. The maximum absolute atomic E-state index is 3.27. The minimum atomic E-state index is 0.255. The molecule has 1 heteroatoms. The molecular weight excluding hydrogens is 428 g/mol. The fraction of sp³-hybridized carbons (Fsp3) is 0.393. The molecular formula is C28H34Zr. The molecule has 0 spiro atoms. The Labute approximate surface area is 193 Å². The number of hydrogen-bond donors (Lipinski definition) is 0. The van der Waals surface area contributed by atoms with Gasteiger partial charge in [0.05, 0.1) is 0 Å². The van der Waals surface area contributed by atoms with Gasteiger partial charge in [0.1, 0.15) is 0 Å². The van der Waals surface area contributed by atoms with Gasteiger partial charge >= 0.3 is 34.9 Å². The van der Waals surface area contributed by atoms with Crippen molar-refractivity contribution in [2.24, 2.45) is 0 Å². The Bertz CT molecular complexity index is 825. The molecule has 0 fully saturated rings. The molecule has 29 heavy (non-hydrogen) atoms.